The molecule has 0 amide bonds. The van der Waals surface area contributed by atoms with Crippen LogP contribution in [0.1, 0.15) is 31.7 Å². The van der Waals surface area contributed by atoms with Gasteiger partial charge in [0.1, 0.15) is 5.75 Å². The maximum absolute atomic E-state index is 14.0. The van der Waals surface area contributed by atoms with Gasteiger partial charge in [-0.25, -0.2) is 13.8 Å². The summed E-state index contributed by atoms with van der Waals surface area (Å²) in [5.41, 5.74) is 1.31. The quantitative estimate of drug-likeness (QED) is 0.395. The molecule has 11 heteroatoms. The number of imidazole rings is 1. The van der Waals surface area contributed by atoms with Gasteiger partial charge < -0.3 is 20.1 Å². The normalized spacial score (nSPS) is 14.5. The second-order valence-corrected chi connectivity index (χ2v) is 9.31. The van der Waals surface area contributed by atoms with E-state index in [1.54, 1.807) is 42.5 Å². The molecule has 36 heavy (non-hydrogen) atoms. The fourth-order valence-electron chi connectivity index (χ4n) is 4.34. The van der Waals surface area contributed by atoms with Gasteiger partial charge in [0.25, 0.3) is 6.43 Å². The van der Waals surface area contributed by atoms with Crippen LogP contribution in [0.25, 0.3) is 17.0 Å². The van der Waals surface area contributed by atoms with E-state index in [-0.39, 0.29) is 17.6 Å². The smallest absolute Gasteiger partial charge is 0.296 e. The van der Waals surface area contributed by atoms with Gasteiger partial charge in [-0.1, -0.05) is 24.3 Å². The first-order valence-electron chi connectivity index (χ1n) is 11.7. The van der Waals surface area contributed by atoms with Crippen molar-refractivity contribution in [2.24, 2.45) is 0 Å². The number of para-hydroxylation sites is 2. The molecule has 188 valence electrons. The van der Waals surface area contributed by atoms with Crippen molar-refractivity contribution in [3.63, 3.8) is 0 Å². The molecule has 4 aromatic rings. The molecule has 1 aliphatic heterocycles. The number of hydrogen-bond acceptors (Lipinski definition) is 8. The van der Waals surface area contributed by atoms with E-state index in [1.807, 2.05) is 24.8 Å². The monoisotopic (exact) mass is 495 g/mol. The first-order chi connectivity index (χ1) is 17.3. The number of hydrogen-bond donors (Lipinski definition) is 2. The molecule has 0 unspecified atom stereocenters. The number of phenols is 1. The van der Waals surface area contributed by atoms with Crippen LogP contribution in [0.5, 0.6) is 5.75 Å². The summed E-state index contributed by atoms with van der Waals surface area (Å²) in [4.78, 5) is 19.9. The highest BCUT2D eigenvalue weighted by Crippen LogP contribution is 2.28. The van der Waals surface area contributed by atoms with Crippen molar-refractivity contribution in [2.45, 2.75) is 32.2 Å². The van der Waals surface area contributed by atoms with Gasteiger partial charge in [0.15, 0.2) is 5.82 Å². The molecule has 0 saturated carbocycles. The molecule has 0 aliphatic carbocycles. The Morgan fingerprint density at radius 3 is 2.50 bits per heavy atom. The summed E-state index contributed by atoms with van der Waals surface area (Å²) >= 11 is 0. The lowest BCUT2D eigenvalue weighted by Gasteiger charge is -2.29. The first-order valence-corrected chi connectivity index (χ1v) is 11.7. The number of nitrogens with zero attached hydrogens (tertiary/aromatic N) is 6. The largest absolute Gasteiger partial charge is 0.508 e. The number of benzene rings is 2. The van der Waals surface area contributed by atoms with E-state index in [0.717, 1.165) is 5.56 Å². The minimum atomic E-state index is -2.82. The summed E-state index contributed by atoms with van der Waals surface area (Å²) in [6.45, 7) is 6.13. The fourth-order valence-corrected chi connectivity index (χ4v) is 4.34. The van der Waals surface area contributed by atoms with Gasteiger partial charge in [0.05, 0.1) is 24.2 Å². The standard InChI is InChI=1S/C25H27F2N7O2/c1-25(2,15-16-6-5-7-17(35)14-16)32-22-29-23(33-10-12-36-13-11-33)31-24(30-22)34-19-9-4-3-8-18(19)28-21(34)20(26)27/h3-9,14,20,35H,10-13,15H2,1-2H3,(H,29,30,31,32). The molecule has 0 spiro atoms. The maximum atomic E-state index is 14.0. The van der Waals surface area contributed by atoms with Gasteiger partial charge in [0, 0.05) is 18.6 Å². The summed E-state index contributed by atoms with van der Waals surface area (Å²) in [6.07, 6.45) is -2.26. The Kier molecular flexibility index (Phi) is 6.40. The van der Waals surface area contributed by atoms with Gasteiger partial charge in [-0.05, 0) is 50.1 Å². The lowest BCUT2D eigenvalue weighted by atomic mass is 9.95. The van der Waals surface area contributed by atoms with Crippen LogP contribution >= 0.6 is 0 Å². The molecule has 1 fully saturated rings. The molecule has 0 radical (unpaired) electrons. The number of morpholine rings is 1. The Bertz CT molecular complexity index is 1370. The molecule has 0 atom stereocenters. The topological polar surface area (TPSA) is 101 Å². The number of phenolic OH excluding ortho intramolecular Hbond substituents is 1. The number of halogens is 2. The van der Waals surface area contributed by atoms with E-state index in [2.05, 4.69) is 25.3 Å². The first kappa shape index (κ1) is 23.9. The number of aromatic hydroxyl groups is 1. The van der Waals surface area contributed by atoms with Crippen molar-refractivity contribution < 1.29 is 18.6 Å². The summed E-state index contributed by atoms with van der Waals surface area (Å²) < 4.78 is 34.8. The lowest BCUT2D eigenvalue weighted by molar-refractivity contribution is 0.122. The third-order valence-corrected chi connectivity index (χ3v) is 5.89. The molecule has 1 saturated heterocycles. The van der Waals surface area contributed by atoms with Crippen molar-refractivity contribution in [1.82, 2.24) is 24.5 Å². The molecule has 1 aliphatic rings. The minimum Gasteiger partial charge on any atom is -0.508 e. The van der Waals surface area contributed by atoms with Crippen molar-refractivity contribution in [2.75, 3.05) is 36.5 Å². The van der Waals surface area contributed by atoms with E-state index in [9.17, 15) is 13.9 Å². The molecular formula is C25H27F2N7O2. The Balaban J connectivity index is 1.58. The number of nitrogens with one attached hydrogen (secondary N) is 1. The highest BCUT2D eigenvalue weighted by atomic mass is 19.3. The summed E-state index contributed by atoms with van der Waals surface area (Å²) in [6, 6.07) is 13.9. The van der Waals surface area contributed by atoms with Crippen LogP contribution in [0.3, 0.4) is 0 Å². The highest BCUT2D eigenvalue weighted by Gasteiger charge is 2.26. The zero-order chi connectivity index (χ0) is 25.3. The predicted octanol–water partition coefficient (Wildman–Crippen LogP) is 4.12. The fraction of sp³-hybridized carbons (Fsp3) is 0.360. The summed E-state index contributed by atoms with van der Waals surface area (Å²) in [5.74, 6) is 0.444. The van der Waals surface area contributed by atoms with Crippen LogP contribution in [-0.2, 0) is 11.2 Å². The van der Waals surface area contributed by atoms with Crippen LogP contribution in [0.15, 0.2) is 48.5 Å². The molecular weight excluding hydrogens is 468 g/mol. The van der Waals surface area contributed by atoms with E-state index < -0.39 is 17.8 Å². The Labute approximate surface area is 206 Å². The molecule has 9 nitrogen and oxygen atoms in total. The number of ether oxygens (including phenoxy) is 1. The van der Waals surface area contributed by atoms with Gasteiger partial charge in [0.2, 0.25) is 17.8 Å². The number of alkyl halides is 2. The van der Waals surface area contributed by atoms with Gasteiger partial charge in [-0.3, -0.25) is 4.57 Å². The average Bonchev–Trinajstić information content (AvgIpc) is 3.24. The van der Waals surface area contributed by atoms with Crippen LogP contribution < -0.4 is 10.2 Å². The Morgan fingerprint density at radius 1 is 1.00 bits per heavy atom. The number of aromatic nitrogens is 5. The van der Waals surface area contributed by atoms with Gasteiger partial charge in [-0.15, -0.1) is 0 Å². The third-order valence-electron chi connectivity index (χ3n) is 5.89. The van der Waals surface area contributed by atoms with Crippen LogP contribution in [0.4, 0.5) is 20.7 Å². The van der Waals surface area contributed by atoms with Crippen LogP contribution in [0.2, 0.25) is 0 Å². The van der Waals surface area contributed by atoms with Crippen LogP contribution in [-0.4, -0.2) is 61.5 Å². The van der Waals surface area contributed by atoms with E-state index in [1.165, 1.54) is 4.57 Å². The van der Waals surface area contributed by atoms with Crippen molar-refractivity contribution in [1.29, 1.82) is 0 Å². The molecule has 3 heterocycles. The molecule has 5 rings (SSSR count). The SMILES string of the molecule is CC(C)(Cc1cccc(O)c1)Nc1nc(N2CCOCC2)nc(-n2c(C(F)F)nc3ccccc32)n1. The summed E-state index contributed by atoms with van der Waals surface area (Å²) in [5, 5.41) is 13.2. The third kappa shape index (κ3) is 5.06. The van der Waals surface area contributed by atoms with Gasteiger partial charge >= 0.3 is 0 Å². The number of rotatable bonds is 7. The van der Waals surface area contributed by atoms with Crippen molar-refractivity contribution in [3.05, 3.63) is 59.9 Å². The Hall–Kier alpha value is -3.86. The number of anilines is 2. The average molecular weight is 496 g/mol. The van der Waals surface area contributed by atoms with E-state index in [0.29, 0.717) is 49.7 Å². The zero-order valence-electron chi connectivity index (χ0n) is 20.0. The van der Waals surface area contributed by atoms with Gasteiger partial charge in [-0.2, -0.15) is 15.0 Å². The second kappa shape index (κ2) is 9.65. The predicted molar refractivity (Wildman–Crippen MR) is 132 cm³/mol. The van der Waals surface area contributed by atoms with E-state index >= 15 is 0 Å². The minimum absolute atomic E-state index is 0.0612. The molecule has 0 bridgehead atoms. The summed E-state index contributed by atoms with van der Waals surface area (Å²) in [7, 11) is 0. The lowest BCUT2D eigenvalue weighted by Crippen LogP contribution is -2.38. The molecule has 2 aromatic carbocycles. The van der Waals surface area contributed by atoms with Crippen molar-refractivity contribution >= 4 is 22.9 Å². The Morgan fingerprint density at radius 2 is 1.75 bits per heavy atom. The second-order valence-electron chi connectivity index (χ2n) is 9.31. The van der Waals surface area contributed by atoms with Crippen LogP contribution in [0, 0.1) is 0 Å². The van der Waals surface area contributed by atoms with E-state index in [4.69, 9.17) is 4.74 Å². The zero-order valence-corrected chi connectivity index (χ0v) is 20.0. The molecule has 2 N–H and O–H groups in total. The van der Waals surface area contributed by atoms with Crippen molar-refractivity contribution in [3.8, 4) is 11.7 Å². The maximum Gasteiger partial charge on any atom is 0.296 e. The molecule has 2 aromatic heterocycles. The number of fused-ring (bicyclic) bond motifs is 1. The highest BCUT2D eigenvalue weighted by molar-refractivity contribution is 5.77.